The number of rotatable bonds is 14. The number of hydrogen-bond acceptors (Lipinski definition) is 19. The summed E-state index contributed by atoms with van der Waals surface area (Å²) in [5.74, 6) is 2.56. The van der Waals surface area contributed by atoms with Crippen LogP contribution in [-0.4, -0.2) is 69.0 Å². The van der Waals surface area contributed by atoms with Crippen molar-refractivity contribution in [2.75, 3.05) is 22.1 Å². The van der Waals surface area contributed by atoms with Gasteiger partial charge in [0.15, 0.2) is 9.21 Å². The van der Waals surface area contributed by atoms with Gasteiger partial charge in [0.25, 0.3) is 5.88 Å². The van der Waals surface area contributed by atoms with Crippen molar-refractivity contribution in [3.8, 4) is 23.3 Å². The fourth-order valence-electron chi connectivity index (χ4n) is 6.19. The summed E-state index contributed by atoms with van der Waals surface area (Å²) in [6.07, 6.45) is 0. The van der Waals surface area contributed by atoms with Crippen LogP contribution in [0.5, 0.6) is 23.3 Å². The Morgan fingerprint density at radius 3 is 1.24 bits per heavy atom. The van der Waals surface area contributed by atoms with Gasteiger partial charge in [-0.15, -0.1) is 10.2 Å². The number of nitrogens with one attached hydrogen (secondary N) is 3. The number of nitro groups is 4. The highest BCUT2D eigenvalue weighted by atomic mass is 79.9. The maximum atomic E-state index is 11.5. The largest absolute Gasteiger partial charge is 0.436 e. The van der Waals surface area contributed by atoms with Crippen molar-refractivity contribution in [1.82, 2.24) is 49.3 Å². The molecule has 0 amide bonds. The second-order valence-corrected chi connectivity index (χ2v) is 19.0. The van der Waals surface area contributed by atoms with Crippen molar-refractivity contribution in [3.05, 3.63) is 196 Å². The molecule has 7 N–H and O–H groups in total. The first-order valence-electron chi connectivity index (χ1n) is 21.8. The Labute approximate surface area is 483 Å². The zero-order valence-corrected chi connectivity index (χ0v) is 48.8. The number of nitrogen functional groups attached to an aromatic ring is 2. The van der Waals surface area contributed by atoms with Gasteiger partial charge in [-0.1, -0.05) is 97.1 Å². The minimum atomic E-state index is -0.530. The van der Waals surface area contributed by atoms with Crippen molar-refractivity contribution in [2.24, 2.45) is 28.2 Å². The van der Waals surface area contributed by atoms with Crippen molar-refractivity contribution in [3.63, 3.8) is 0 Å². The van der Waals surface area contributed by atoms with Crippen LogP contribution in [0.25, 0.3) is 0 Å². The van der Waals surface area contributed by atoms with Crippen molar-refractivity contribution < 1.29 is 29.2 Å². The van der Waals surface area contributed by atoms with E-state index >= 15 is 0 Å². The Balaban J connectivity index is 0.000000186. The molecule has 28 nitrogen and oxygen atoms in total. The summed E-state index contributed by atoms with van der Waals surface area (Å²) >= 11 is 14.9. The molecule has 0 spiro atoms. The van der Waals surface area contributed by atoms with Gasteiger partial charge in [0, 0.05) is 41.3 Å². The fraction of sp³-hybridized carbons (Fsp3) is 0.133. The number of nitrogens with zero attached hydrogens (tertiary/aromatic N) is 13. The Morgan fingerprint density at radius 1 is 0.500 bits per heavy atom. The third kappa shape index (κ3) is 16.6. The first-order valence-corrected chi connectivity index (χ1v) is 25.8. The number of H-pyrrole nitrogens is 1. The van der Waals surface area contributed by atoms with Crippen LogP contribution in [0.1, 0.15) is 11.1 Å². The van der Waals surface area contributed by atoms with Gasteiger partial charge in [0.05, 0.1) is 19.7 Å². The van der Waals surface area contributed by atoms with Crippen molar-refractivity contribution in [2.45, 2.75) is 13.1 Å². The maximum Gasteiger partial charge on any atom is 0.374 e. The van der Waals surface area contributed by atoms with E-state index in [1.807, 2.05) is 97.1 Å². The highest BCUT2D eigenvalue weighted by molar-refractivity contribution is 9.11. The Kier molecular flexibility index (Phi) is 22.3. The second-order valence-electron chi connectivity index (χ2n) is 15.2. The molecule has 9 rings (SSSR count). The number of benzene rings is 4. The van der Waals surface area contributed by atoms with E-state index in [0.29, 0.717) is 58.2 Å². The van der Waals surface area contributed by atoms with Gasteiger partial charge in [0.2, 0.25) is 25.4 Å². The number of ether oxygens (including phenoxy) is 2. The first kappa shape index (κ1) is 60.6. The maximum absolute atomic E-state index is 11.5. The Hall–Kier alpha value is -8.27. The van der Waals surface area contributed by atoms with Crippen molar-refractivity contribution in [1.29, 1.82) is 0 Å². The van der Waals surface area contributed by atoms with Crippen LogP contribution in [0, 0.1) is 40.5 Å². The lowest BCUT2D eigenvalue weighted by Gasteiger charge is -2.05. The predicted octanol–water partition coefficient (Wildman–Crippen LogP) is 11.5. The summed E-state index contributed by atoms with van der Waals surface area (Å²) < 4.78 is 18.1. The number of nitrogens with two attached hydrogens (primary N) is 2. The zero-order chi connectivity index (χ0) is 57.2. The molecule has 0 unspecified atom stereocenters. The standard InChI is InChI=1S/C17H16N4O3.C11H11BrN4O2.C10H12N4O.C4H3Br2N3O2.C3HBr2N3O2/c1-20-16(18-12-13-8-4-2-5-9-13)15(21(22)23)17(19-20)24-14-10-6-3-7-11-14;1-15-11(9(16(17)18)10(12)14-15)13-7-8-5-3-2-4-6-8;1-14-9(12)8(11)10(13-14)15-7-5-3-2-4-6-7;1-8-4(6)2(9(10)11)3(5)7-8;4-2-1(8(9)10)3(5)7-6-2/h2-11,18H,12H2,1H3;2-6,13H,7H2,1H3;2-6H,11-12H2,1H3;1H3;(H,6,7). The highest BCUT2D eigenvalue weighted by Crippen LogP contribution is 2.38. The number of aromatic amines is 1. The number of para-hydroxylation sites is 2. The monoisotopic (exact) mass is 1390 g/mol. The lowest BCUT2D eigenvalue weighted by molar-refractivity contribution is -0.386. The molecule has 0 aliphatic rings. The lowest BCUT2D eigenvalue weighted by atomic mass is 10.2. The molecule has 0 bridgehead atoms. The first-order chi connectivity index (χ1) is 37.1. The molecule has 33 heteroatoms. The predicted molar refractivity (Wildman–Crippen MR) is 306 cm³/mol. The quantitative estimate of drug-likeness (QED) is 0.0499. The second kappa shape index (κ2) is 28.7. The summed E-state index contributed by atoms with van der Waals surface area (Å²) in [6, 6.07) is 37.4. The molecule has 5 heterocycles. The molecule has 78 heavy (non-hydrogen) atoms. The molecule has 4 aromatic carbocycles. The summed E-state index contributed by atoms with van der Waals surface area (Å²) in [6.45, 7) is 0.958. The van der Waals surface area contributed by atoms with Crippen molar-refractivity contribution >= 4 is 126 Å². The molecule has 0 saturated carbocycles. The number of hydrogen-bond donors (Lipinski definition) is 5. The summed E-state index contributed by atoms with van der Waals surface area (Å²) in [5.41, 5.74) is 13.4. The summed E-state index contributed by atoms with van der Waals surface area (Å²) in [5, 5.41) is 70.9. The summed E-state index contributed by atoms with van der Waals surface area (Å²) in [4.78, 5) is 41.0. The summed E-state index contributed by atoms with van der Waals surface area (Å²) in [7, 11) is 6.62. The van der Waals surface area contributed by atoms with E-state index in [9.17, 15) is 40.5 Å². The number of aryl methyl sites for hydroxylation is 4. The van der Waals surface area contributed by atoms with Crippen LogP contribution in [0.4, 0.5) is 45.9 Å². The minimum absolute atomic E-state index is 0.0377. The third-order valence-corrected chi connectivity index (χ3v) is 13.0. The normalized spacial score (nSPS) is 10.2. The molecule has 408 valence electrons. The molecular formula is C45H43Br5N18O10. The number of anilines is 4. The molecule has 0 aliphatic heterocycles. The van der Waals surface area contributed by atoms with E-state index < -0.39 is 19.7 Å². The van der Waals surface area contributed by atoms with Crippen LogP contribution in [0.2, 0.25) is 0 Å². The minimum Gasteiger partial charge on any atom is -0.436 e. The van der Waals surface area contributed by atoms with E-state index in [4.69, 9.17) is 20.9 Å². The Bertz CT molecular complexity index is 3450. The molecular weight excluding hydrogens is 1350 g/mol. The van der Waals surface area contributed by atoms with Gasteiger partial charge >= 0.3 is 28.6 Å². The van der Waals surface area contributed by atoms with E-state index in [0.717, 1.165) is 11.1 Å². The van der Waals surface area contributed by atoms with E-state index in [1.165, 1.54) is 18.7 Å². The average Bonchev–Trinajstić information content (AvgIpc) is 4.16. The van der Waals surface area contributed by atoms with Crippen LogP contribution in [-0.2, 0) is 41.3 Å². The molecule has 0 aliphatic carbocycles. The van der Waals surface area contributed by atoms with Crippen LogP contribution in [0.3, 0.4) is 0 Å². The molecule has 5 aromatic heterocycles. The third-order valence-electron chi connectivity index (χ3n) is 9.89. The van der Waals surface area contributed by atoms with Gasteiger partial charge < -0.3 is 31.6 Å². The molecule has 0 atom stereocenters. The van der Waals surface area contributed by atoms with E-state index in [2.05, 4.69) is 121 Å². The number of aromatic nitrogens is 10. The molecule has 0 fully saturated rings. The molecule has 0 saturated heterocycles. The van der Waals surface area contributed by atoms with Gasteiger partial charge in [-0.05, 0) is 115 Å². The smallest absolute Gasteiger partial charge is 0.374 e. The zero-order valence-electron chi connectivity index (χ0n) is 40.9. The Morgan fingerprint density at radius 2 is 0.885 bits per heavy atom. The van der Waals surface area contributed by atoms with Gasteiger partial charge in [-0.2, -0.15) is 15.3 Å². The number of halogens is 5. The van der Waals surface area contributed by atoms with Crippen LogP contribution in [0.15, 0.2) is 144 Å². The highest BCUT2D eigenvalue weighted by Gasteiger charge is 2.29. The topological polar surface area (TPSA) is 367 Å². The van der Waals surface area contributed by atoms with Crippen LogP contribution < -0.4 is 31.6 Å². The van der Waals surface area contributed by atoms with Crippen LogP contribution >= 0.6 is 79.6 Å². The molecule has 0 radical (unpaired) electrons. The average molecular weight is 1400 g/mol. The van der Waals surface area contributed by atoms with E-state index in [1.54, 1.807) is 52.5 Å². The van der Waals surface area contributed by atoms with E-state index in [-0.39, 0.29) is 47.0 Å². The van der Waals surface area contributed by atoms with Gasteiger partial charge in [-0.25, -0.2) is 14.0 Å². The van der Waals surface area contributed by atoms with Gasteiger partial charge in [0.1, 0.15) is 23.0 Å². The SMILES string of the molecule is Cn1nc(Br)c([N+](=O)[O-])c1Br.Cn1nc(Br)c([N+](=O)[O-])c1NCc1ccccc1.Cn1nc(Oc2ccccc2)c(N)c1N.Cn1nc(Oc2ccccc2)c([N+](=O)[O-])c1NCc1ccccc1.O=[N+]([O-])c1c(Br)n[nH]c1Br. The van der Waals surface area contributed by atoms with Gasteiger partial charge in [-0.3, -0.25) is 50.2 Å². The lowest BCUT2D eigenvalue weighted by Crippen LogP contribution is -2.06. The fourth-order valence-corrected chi connectivity index (χ4v) is 9.13. The molecule has 9 aromatic rings.